The molecular formula is C22H27N3O4. The fraction of sp³-hybridized carbons (Fsp3) is 0.364. The molecule has 4 N–H and O–H groups in total. The van der Waals surface area contributed by atoms with Crippen molar-refractivity contribution in [3.8, 4) is 11.5 Å². The Morgan fingerprint density at radius 3 is 2.41 bits per heavy atom. The molecule has 7 heteroatoms. The van der Waals surface area contributed by atoms with Crippen LogP contribution in [0.25, 0.3) is 12.2 Å². The second-order valence-corrected chi connectivity index (χ2v) is 8.38. The molecule has 2 aromatic rings. The summed E-state index contributed by atoms with van der Waals surface area (Å²) < 4.78 is 10.8. The molecule has 1 aliphatic heterocycles. The molecule has 29 heavy (non-hydrogen) atoms. The van der Waals surface area contributed by atoms with Crippen LogP contribution in [0.15, 0.2) is 39.1 Å². The van der Waals surface area contributed by atoms with Crippen molar-refractivity contribution in [3.63, 3.8) is 0 Å². The summed E-state index contributed by atoms with van der Waals surface area (Å²) in [5.74, 6) is 1.24. The Balaban J connectivity index is 2.17. The number of rotatable bonds is 3. The molecule has 0 spiro atoms. The molecule has 2 heterocycles. The molecule has 0 atom stereocenters. The molecule has 0 saturated carbocycles. The van der Waals surface area contributed by atoms with Crippen molar-refractivity contribution in [2.75, 3.05) is 6.79 Å². The summed E-state index contributed by atoms with van der Waals surface area (Å²) in [5.41, 5.74) is 7.41. The lowest BCUT2D eigenvalue weighted by Gasteiger charge is -2.24. The molecule has 1 aliphatic rings. The van der Waals surface area contributed by atoms with E-state index in [1.807, 2.05) is 34.6 Å². The minimum absolute atomic E-state index is 0.0902. The summed E-state index contributed by atoms with van der Waals surface area (Å²) in [6.45, 7) is 10.1. The molecule has 0 fully saturated rings. The van der Waals surface area contributed by atoms with E-state index in [0.29, 0.717) is 22.8 Å². The third kappa shape index (κ3) is 4.29. The highest BCUT2D eigenvalue weighted by Crippen LogP contribution is 2.35. The van der Waals surface area contributed by atoms with Crippen LogP contribution in [0.2, 0.25) is 0 Å². The first-order chi connectivity index (χ1) is 13.6. The van der Waals surface area contributed by atoms with Crippen LogP contribution < -0.4 is 37.0 Å². The van der Waals surface area contributed by atoms with Gasteiger partial charge in [0.25, 0.3) is 11.1 Å². The molecule has 0 unspecified atom stereocenters. The second-order valence-electron chi connectivity index (χ2n) is 8.38. The quantitative estimate of drug-likeness (QED) is 0.723. The number of nitrogens with two attached hydrogens (primary N) is 1. The van der Waals surface area contributed by atoms with Gasteiger partial charge in [-0.2, -0.15) is 0 Å². The van der Waals surface area contributed by atoms with Crippen LogP contribution in [0, 0.1) is 11.3 Å². The maximum Gasteiger partial charge on any atom is 0.272 e. The highest BCUT2D eigenvalue weighted by molar-refractivity contribution is 5.62. The van der Waals surface area contributed by atoms with Crippen LogP contribution in [0.4, 0.5) is 0 Å². The number of hydrogen-bond donors (Lipinski definition) is 3. The summed E-state index contributed by atoms with van der Waals surface area (Å²) >= 11 is 0. The van der Waals surface area contributed by atoms with Gasteiger partial charge in [0.1, 0.15) is 10.7 Å². The van der Waals surface area contributed by atoms with Crippen LogP contribution in [-0.2, 0) is 0 Å². The van der Waals surface area contributed by atoms with E-state index in [2.05, 4.69) is 9.97 Å². The summed E-state index contributed by atoms with van der Waals surface area (Å²) in [6, 6.07) is 5.36. The fourth-order valence-corrected chi connectivity index (χ4v) is 3.06. The summed E-state index contributed by atoms with van der Waals surface area (Å²) in [4.78, 5) is 30.6. The van der Waals surface area contributed by atoms with Gasteiger partial charge in [0, 0.05) is 16.7 Å². The minimum atomic E-state index is -0.412. The Morgan fingerprint density at radius 2 is 1.76 bits per heavy atom. The summed E-state index contributed by atoms with van der Waals surface area (Å²) in [7, 11) is 0. The highest BCUT2D eigenvalue weighted by Gasteiger charge is 2.19. The van der Waals surface area contributed by atoms with Crippen molar-refractivity contribution >= 4 is 12.2 Å². The molecule has 0 bridgehead atoms. The van der Waals surface area contributed by atoms with E-state index in [1.54, 1.807) is 30.4 Å². The Morgan fingerprint density at radius 1 is 1.10 bits per heavy atom. The molecule has 154 valence electrons. The van der Waals surface area contributed by atoms with Crippen LogP contribution in [0.3, 0.4) is 0 Å². The van der Waals surface area contributed by atoms with Gasteiger partial charge in [-0.05, 0) is 29.7 Å². The third-order valence-electron chi connectivity index (χ3n) is 4.75. The Labute approximate surface area is 168 Å². The van der Waals surface area contributed by atoms with Gasteiger partial charge in [-0.15, -0.1) is 0 Å². The standard InChI is InChI=1S/C22H27N3O4/c1-12(2)14(19(23)22(3,4)5)10-16-21(27)24-15(20(26)25-16)9-13-7-6-8-17-18(13)29-11-28-17/h6-10,12H,11,23H2,1-5H3,(H,24,27)(H,25,26)/b15-9-,16-10-,19-14-. The average molecular weight is 397 g/mol. The van der Waals surface area contributed by atoms with E-state index < -0.39 is 11.1 Å². The predicted molar refractivity (Wildman–Crippen MR) is 113 cm³/mol. The predicted octanol–water partition coefficient (Wildman–Crippen LogP) is 1.32. The van der Waals surface area contributed by atoms with Crippen LogP contribution in [-0.4, -0.2) is 16.8 Å². The number of hydrogen-bond acceptors (Lipinski definition) is 5. The number of aromatic nitrogens is 2. The fourth-order valence-electron chi connectivity index (χ4n) is 3.06. The first-order valence-corrected chi connectivity index (χ1v) is 9.52. The second kappa shape index (κ2) is 7.66. The van der Waals surface area contributed by atoms with Crippen LogP contribution in [0.1, 0.15) is 40.2 Å². The van der Waals surface area contributed by atoms with Gasteiger partial charge in [0.05, 0.1) is 0 Å². The van der Waals surface area contributed by atoms with Crippen molar-refractivity contribution in [3.05, 3.63) is 66.4 Å². The SMILES string of the molecule is CC(C)C(/C=c1\[nH]c(=O)/c(=C/c2cccc3c2OCO3)[nH]c1=O)=C(\N)C(C)(C)C. The van der Waals surface area contributed by atoms with Crippen molar-refractivity contribution in [1.82, 2.24) is 9.97 Å². The lowest BCUT2D eigenvalue weighted by atomic mass is 9.85. The average Bonchev–Trinajstić information content (AvgIpc) is 3.11. The molecule has 0 radical (unpaired) electrons. The van der Waals surface area contributed by atoms with Gasteiger partial charge in [-0.3, -0.25) is 9.59 Å². The van der Waals surface area contributed by atoms with Gasteiger partial charge in [-0.25, -0.2) is 0 Å². The number of H-pyrrole nitrogens is 2. The van der Waals surface area contributed by atoms with Crippen molar-refractivity contribution in [2.24, 2.45) is 17.1 Å². The third-order valence-corrected chi connectivity index (χ3v) is 4.75. The van der Waals surface area contributed by atoms with Crippen molar-refractivity contribution in [1.29, 1.82) is 0 Å². The zero-order valence-electron chi connectivity index (χ0n) is 17.4. The normalized spacial score (nSPS) is 15.8. The van der Waals surface area contributed by atoms with Crippen molar-refractivity contribution in [2.45, 2.75) is 34.6 Å². The molecule has 0 saturated heterocycles. The number of fused-ring (bicyclic) bond motifs is 1. The molecule has 7 nitrogen and oxygen atoms in total. The van der Waals surface area contributed by atoms with E-state index in [4.69, 9.17) is 15.2 Å². The molecule has 3 rings (SSSR count). The van der Waals surface area contributed by atoms with E-state index in [-0.39, 0.29) is 28.8 Å². The number of ether oxygens (including phenoxy) is 2. The van der Waals surface area contributed by atoms with E-state index in [1.165, 1.54) is 0 Å². The van der Waals surface area contributed by atoms with E-state index >= 15 is 0 Å². The topological polar surface area (TPSA) is 110 Å². The zero-order valence-corrected chi connectivity index (χ0v) is 17.4. The van der Waals surface area contributed by atoms with Gasteiger partial charge in [0.15, 0.2) is 11.5 Å². The lowest BCUT2D eigenvalue weighted by Crippen LogP contribution is -2.47. The summed E-state index contributed by atoms with van der Waals surface area (Å²) in [6.07, 6.45) is 3.23. The minimum Gasteiger partial charge on any atom is -0.454 e. The summed E-state index contributed by atoms with van der Waals surface area (Å²) in [5, 5.41) is 0.302. The number of para-hydroxylation sites is 1. The zero-order chi connectivity index (χ0) is 21.3. The van der Waals surface area contributed by atoms with Gasteiger partial charge in [-0.1, -0.05) is 46.8 Å². The van der Waals surface area contributed by atoms with Gasteiger partial charge >= 0.3 is 0 Å². The molecular weight excluding hydrogens is 370 g/mol. The molecule has 1 aromatic heterocycles. The van der Waals surface area contributed by atoms with E-state index in [0.717, 1.165) is 5.57 Å². The van der Waals surface area contributed by atoms with Gasteiger partial charge < -0.3 is 25.2 Å². The first-order valence-electron chi connectivity index (χ1n) is 9.52. The first kappa shape index (κ1) is 20.5. The highest BCUT2D eigenvalue weighted by atomic mass is 16.7. The molecule has 0 aliphatic carbocycles. The number of aromatic amines is 2. The van der Waals surface area contributed by atoms with Crippen molar-refractivity contribution < 1.29 is 9.47 Å². The Hall–Kier alpha value is -3.22. The lowest BCUT2D eigenvalue weighted by molar-refractivity contribution is 0.173. The number of benzene rings is 1. The van der Waals surface area contributed by atoms with E-state index in [9.17, 15) is 9.59 Å². The number of allylic oxidation sites excluding steroid dienone is 2. The maximum absolute atomic E-state index is 12.7. The Kier molecular flexibility index (Phi) is 5.42. The maximum atomic E-state index is 12.7. The van der Waals surface area contributed by atoms with Crippen LogP contribution >= 0.6 is 0 Å². The monoisotopic (exact) mass is 397 g/mol. The smallest absolute Gasteiger partial charge is 0.272 e. The Bertz CT molecular complexity index is 1190. The van der Waals surface area contributed by atoms with Crippen LogP contribution in [0.5, 0.6) is 11.5 Å². The largest absolute Gasteiger partial charge is 0.454 e. The molecule has 1 aromatic carbocycles. The molecule has 0 amide bonds. The van der Waals surface area contributed by atoms with Gasteiger partial charge in [0.2, 0.25) is 6.79 Å². The number of nitrogens with one attached hydrogen (secondary N) is 2.